The van der Waals surface area contributed by atoms with Gasteiger partial charge in [0.05, 0.1) is 18.5 Å². The highest BCUT2D eigenvalue weighted by atomic mass is 16.5. The lowest BCUT2D eigenvalue weighted by molar-refractivity contribution is 0.144. The molecule has 0 amide bonds. The first-order chi connectivity index (χ1) is 10.2. The van der Waals surface area contributed by atoms with Crippen molar-refractivity contribution in [3.05, 3.63) is 18.3 Å². The van der Waals surface area contributed by atoms with E-state index in [1.165, 1.54) is 25.7 Å². The van der Waals surface area contributed by atoms with E-state index in [-0.39, 0.29) is 0 Å². The summed E-state index contributed by atoms with van der Waals surface area (Å²) in [5.41, 5.74) is 1.09. The van der Waals surface area contributed by atoms with Crippen LogP contribution in [0.1, 0.15) is 39.5 Å². The maximum absolute atomic E-state index is 5.48. The van der Waals surface area contributed by atoms with Gasteiger partial charge in [-0.15, -0.1) is 0 Å². The molecule has 1 heterocycles. The van der Waals surface area contributed by atoms with Crippen LogP contribution < -0.4 is 10.1 Å². The van der Waals surface area contributed by atoms with Crippen LogP contribution in [0.4, 0.5) is 5.69 Å². The first-order valence-corrected chi connectivity index (χ1v) is 8.03. The second kappa shape index (κ2) is 8.23. The van der Waals surface area contributed by atoms with Crippen LogP contribution in [0.3, 0.4) is 0 Å². The number of ether oxygens (including phenoxy) is 2. The molecule has 1 aliphatic rings. The SMILES string of the molecule is COCCOc1ccc(NC2CCCC(C(C)C)C2)cn1. The molecule has 21 heavy (non-hydrogen) atoms. The fourth-order valence-corrected chi connectivity index (χ4v) is 2.98. The number of anilines is 1. The topological polar surface area (TPSA) is 43.4 Å². The number of rotatable bonds is 7. The van der Waals surface area contributed by atoms with Gasteiger partial charge in [-0.1, -0.05) is 26.7 Å². The molecule has 2 unspecified atom stereocenters. The molecule has 0 saturated heterocycles. The predicted molar refractivity (Wildman–Crippen MR) is 85.8 cm³/mol. The molecule has 0 spiro atoms. The van der Waals surface area contributed by atoms with Crippen molar-refractivity contribution in [3.8, 4) is 5.88 Å². The Kier molecular flexibility index (Phi) is 6.30. The Hall–Kier alpha value is -1.29. The van der Waals surface area contributed by atoms with E-state index in [0.717, 1.165) is 17.5 Å². The summed E-state index contributed by atoms with van der Waals surface area (Å²) in [4.78, 5) is 4.33. The summed E-state index contributed by atoms with van der Waals surface area (Å²) in [5.74, 6) is 2.28. The quantitative estimate of drug-likeness (QED) is 0.778. The molecule has 2 rings (SSSR count). The predicted octanol–water partition coefficient (Wildman–Crippen LogP) is 3.73. The fourth-order valence-electron chi connectivity index (χ4n) is 2.98. The molecule has 2 atom stereocenters. The van der Waals surface area contributed by atoms with E-state index in [1.54, 1.807) is 7.11 Å². The van der Waals surface area contributed by atoms with Crippen molar-refractivity contribution < 1.29 is 9.47 Å². The Bertz CT molecular complexity index is 406. The zero-order chi connectivity index (χ0) is 15.1. The molecule has 1 saturated carbocycles. The van der Waals surface area contributed by atoms with Gasteiger partial charge in [-0.2, -0.15) is 0 Å². The number of methoxy groups -OCH3 is 1. The Morgan fingerprint density at radius 1 is 1.29 bits per heavy atom. The molecule has 0 aliphatic heterocycles. The van der Waals surface area contributed by atoms with E-state index < -0.39 is 0 Å². The zero-order valence-corrected chi connectivity index (χ0v) is 13.5. The summed E-state index contributed by atoms with van der Waals surface area (Å²) in [6.07, 6.45) is 7.09. The molecule has 4 heteroatoms. The monoisotopic (exact) mass is 292 g/mol. The van der Waals surface area contributed by atoms with Gasteiger partial charge < -0.3 is 14.8 Å². The summed E-state index contributed by atoms with van der Waals surface area (Å²) < 4.78 is 10.4. The van der Waals surface area contributed by atoms with Crippen LogP contribution in [0.5, 0.6) is 5.88 Å². The number of aromatic nitrogens is 1. The molecule has 1 fully saturated rings. The Labute approximate surface area is 128 Å². The maximum atomic E-state index is 5.48. The maximum Gasteiger partial charge on any atom is 0.213 e. The molecule has 1 N–H and O–H groups in total. The first-order valence-electron chi connectivity index (χ1n) is 8.03. The summed E-state index contributed by atoms with van der Waals surface area (Å²) in [5, 5.41) is 3.62. The summed E-state index contributed by atoms with van der Waals surface area (Å²) in [7, 11) is 1.67. The van der Waals surface area contributed by atoms with Gasteiger partial charge in [0.15, 0.2) is 0 Å². The van der Waals surface area contributed by atoms with Gasteiger partial charge in [0, 0.05) is 19.2 Å². The molecule has 0 aromatic carbocycles. The smallest absolute Gasteiger partial charge is 0.213 e. The molecule has 118 valence electrons. The number of nitrogens with one attached hydrogen (secondary N) is 1. The third-order valence-corrected chi connectivity index (χ3v) is 4.30. The van der Waals surface area contributed by atoms with Crippen LogP contribution in [0, 0.1) is 11.8 Å². The van der Waals surface area contributed by atoms with Crippen molar-refractivity contribution in [2.45, 2.75) is 45.6 Å². The minimum atomic E-state index is 0.537. The second-order valence-electron chi connectivity index (χ2n) is 6.24. The van der Waals surface area contributed by atoms with Gasteiger partial charge in [-0.3, -0.25) is 0 Å². The van der Waals surface area contributed by atoms with E-state index in [4.69, 9.17) is 9.47 Å². The van der Waals surface area contributed by atoms with Gasteiger partial charge in [0.25, 0.3) is 0 Å². The minimum absolute atomic E-state index is 0.537. The van der Waals surface area contributed by atoms with Gasteiger partial charge >= 0.3 is 0 Å². The zero-order valence-electron chi connectivity index (χ0n) is 13.5. The van der Waals surface area contributed by atoms with Crippen molar-refractivity contribution in [2.75, 3.05) is 25.6 Å². The largest absolute Gasteiger partial charge is 0.475 e. The van der Waals surface area contributed by atoms with Crippen LogP contribution in [0.2, 0.25) is 0 Å². The van der Waals surface area contributed by atoms with E-state index in [0.29, 0.717) is 25.1 Å². The molecule has 1 aromatic heterocycles. The van der Waals surface area contributed by atoms with E-state index in [9.17, 15) is 0 Å². The van der Waals surface area contributed by atoms with E-state index in [1.807, 2.05) is 18.3 Å². The third kappa shape index (κ3) is 5.20. The highest BCUT2D eigenvalue weighted by molar-refractivity contribution is 5.43. The Morgan fingerprint density at radius 3 is 2.81 bits per heavy atom. The molecule has 0 bridgehead atoms. The average Bonchev–Trinajstić information content (AvgIpc) is 2.49. The average molecular weight is 292 g/mol. The van der Waals surface area contributed by atoms with Gasteiger partial charge in [-0.05, 0) is 30.7 Å². The standard InChI is InChI=1S/C17H28N2O2/c1-13(2)14-5-4-6-15(11-14)19-16-7-8-17(18-12-16)21-10-9-20-3/h7-8,12-15,19H,4-6,9-11H2,1-3H3. The third-order valence-electron chi connectivity index (χ3n) is 4.30. The molecule has 4 nitrogen and oxygen atoms in total. The molecular weight excluding hydrogens is 264 g/mol. The van der Waals surface area contributed by atoms with Crippen LogP contribution in [0.25, 0.3) is 0 Å². The number of pyridine rings is 1. The van der Waals surface area contributed by atoms with Crippen LogP contribution in [-0.2, 0) is 4.74 Å². The second-order valence-corrected chi connectivity index (χ2v) is 6.24. The lowest BCUT2D eigenvalue weighted by Gasteiger charge is -2.32. The van der Waals surface area contributed by atoms with Crippen LogP contribution in [-0.4, -0.2) is 31.3 Å². The van der Waals surface area contributed by atoms with E-state index >= 15 is 0 Å². The van der Waals surface area contributed by atoms with Gasteiger partial charge in [0.1, 0.15) is 6.61 Å². The minimum Gasteiger partial charge on any atom is -0.475 e. The molecule has 0 radical (unpaired) electrons. The highest BCUT2D eigenvalue weighted by Gasteiger charge is 2.23. The highest BCUT2D eigenvalue weighted by Crippen LogP contribution is 2.31. The van der Waals surface area contributed by atoms with Crippen molar-refractivity contribution in [2.24, 2.45) is 11.8 Å². The normalized spacial score (nSPS) is 22.3. The number of nitrogens with zero attached hydrogens (tertiary/aromatic N) is 1. The first kappa shape index (κ1) is 16.1. The van der Waals surface area contributed by atoms with Crippen molar-refractivity contribution in [1.82, 2.24) is 4.98 Å². The molecule has 1 aliphatic carbocycles. The van der Waals surface area contributed by atoms with Crippen LogP contribution >= 0.6 is 0 Å². The molecular formula is C17H28N2O2. The number of hydrogen-bond donors (Lipinski definition) is 1. The van der Waals surface area contributed by atoms with Crippen molar-refractivity contribution in [3.63, 3.8) is 0 Å². The van der Waals surface area contributed by atoms with Crippen molar-refractivity contribution in [1.29, 1.82) is 0 Å². The molecule has 1 aromatic rings. The van der Waals surface area contributed by atoms with Gasteiger partial charge in [-0.25, -0.2) is 4.98 Å². The number of hydrogen-bond acceptors (Lipinski definition) is 4. The van der Waals surface area contributed by atoms with Crippen molar-refractivity contribution >= 4 is 5.69 Å². The van der Waals surface area contributed by atoms with E-state index in [2.05, 4.69) is 24.1 Å². The van der Waals surface area contributed by atoms with Crippen LogP contribution in [0.15, 0.2) is 18.3 Å². The summed E-state index contributed by atoms with van der Waals surface area (Å²) in [6.45, 7) is 5.79. The Balaban J connectivity index is 1.82. The summed E-state index contributed by atoms with van der Waals surface area (Å²) >= 11 is 0. The fraction of sp³-hybridized carbons (Fsp3) is 0.706. The Morgan fingerprint density at radius 2 is 2.14 bits per heavy atom. The lowest BCUT2D eigenvalue weighted by Crippen LogP contribution is -2.29. The summed E-state index contributed by atoms with van der Waals surface area (Å²) in [6, 6.07) is 4.54. The van der Waals surface area contributed by atoms with Gasteiger partial charge in [0.2, 0.25) is 5.88 Å². The lowest BCUT2D eigenvalue weighted by atomic mass is 9.79.